The van der Waals surface area contributed by atoms with Crippen molar-refractivity contribution < 1.29 is 0 Å². The lowest BCUT2D eigenvalue weighted by molar-refractivity contribution is 1.42. The largest absolute Gasteiger partial charge is 0.0587 e. The molecule has 0 aliphatic heterocycles. The summed E-state index contributed by atoms with van der Waals surface area (Å²) in [6.45, 7) is 4.25. The van der Waals surface area contributed by atoms with E-state index in [-0.39, 0.29) is 0 Å². The summed E-state index contributed by atoms with van der Waals surface area (Å²) in [7, 11) is 0. The molecule has 0 aromatic heterocycles. The number of hydrogen-bond donors (Lipinski definition) is 0. The van der Waals surface area contributed by atoms with Gasteiger partial charge < -0.3 is 0 Å². The molecule has 0 radical (unpaired) electrons. The molecule has 2 aromatic rings. The predicted molar refractivity (Wildman–Crippen MR) is 69.1 cm³/mol. The Bertz CT molecular complexity index is 469. The van der Waals surface area contributed by atoms with Gasteiger partial charge >= 0.3 is 0 Å². The van der Waals surface area contributed by atoms with Crippen molar-refractivity contribution in [1.82, 2.24) is 0 Å². The van der Waals surface area contributed by atoms with Gasteiger partial charge in [-0.2, -0.15) is 0 Å². The van der Waals surface area contributed by atoms with Crippen LogP contribution < -0.4 is 0 Å². The summed E-state index contributed by atoms with van der Waals surface area (Å²) in [5.41, 5.74) is 5.19. The molecule has 0 heterocycles. The Morgan fingerprint density at radius 2 is 1.53 bits per heavy atom. The van der Waals surface area contributed by atoms with E-state index in [2.05, 4.69) is 72.2 Å². The fraction of sp³-hybridized carbons (Fsp3) is 0.143. The van der Waals surface area contributed by atoms with E-state index in [0.29, 0.717) is 0 Å². The molecular weight excluding hydrogens is 248 g/mol. The molecule has 0 saturated carbocycles. The van der Waals surface area contributed by atoms with Crippen molar-refractivity contribution in [2.24, 2.45) is 0 Å². The highest BCUT2D eigenvalue weighted by Gasteiger charge is 2.01. The average molecular weight is 261 g/mol. The van der Waals surface area contributed by atoms with E-state index in [0.717, 1.165) is 4.47 Å². The number of halogens is 1. The minimum absolute atomic E-state index is 1.14. The van der Waals surface area contributed by atoms with Gasteiger partial charge in [-0.3, -0.25) is 0 Å². The highest BCUT2D eigenvalue weighted by atomic mass is 79.9. The van der Waals surface area contributed by atoms with Crippen LogP contribution in [0.1, 0.15) is 11.1 Å². The summed E-state index contributed by atoms with van der Waals surface area (Å²) in [6, 6.07) is 15.0. The van der Waals surface area contributed by atoms with Gasteiger partial charge in [-0.05, 0) is 42.7 Å². The smallest absolute Gasteiger partial charge is 0.0178 e. The topological polar surface area (TPSA) is 0 Å². The van der Waals surface area contributed by atoms with Crippen LogP contribution in [0.3, 0.4) is 0 Å². The molecule has 0 amide bonds. The van der Waals surface area contributed by atoms with Crippen molar-refractivity contribution in [1.29, 1.82) is 0 Å². The molecule has 0 saturated heterocycles. The first kappa shape index (κ1) is 10.4. The summed E-state index contributed by atoms with van der Waals surface area (Å²) in [5, 5.41) is 0. The van der Waals surface area contributed by atoms with Gasteiger partial charge in [0.25, 0.3) is 0 Å². The van der Waals surface area contributed by atoms with E-state index in [1.165, 1.54) is 22.3 Å². The number of benzene rings is 2. The van der Waals surface area contributed by atoms with Crippen LogP contribution >= 0.6 is 15.9 Å². The molecule has 0 nitrogen and oxygen atoms in total. The van der Waals surface area contributed by atoms with Crippen molar-refractivity contribution in [2.75, 3.05) is 0 Å². The third-order valence-corrected chi connectivity index (χ3v) is 3.04. The van der Waals surface area contributed by atoms with Gasteiger partial charge in [-0.1, -0.05) is 51.8 Å². The van der Waals surface area contributed by atoms with E-state index < -0.39 is 0 Å². The third kappa shape index (κ3) is 2.29. The SMILES string of the molecule is Cc1ccc(-c2ccc(Br)cc2C)cc1. The summed E-state index contributed by atoms with van der Waals surface area (Å²) >= 11 is 3.48. The van der Waals surface area contributed by atoms with Crippen molar-refractivity contribution >= 4 is 15.9 Å². The Morgan fingerprint density at radius 3 is 2.13 bits per heavy atom. The summed E-state index contributed by atoms with van der Waals surface area (Å²) in [6.07, 6.45) is 0. The van der Waals surface area contributed by atoms with Gasteiger partial charge in [0, 0.05) is 4.47 Å². The second kappa shape index (κ2) is 4.19. The molecule has 76 valence electrons. The Morgan fingerprint density at radius 1 is 0.867 bits per heavy atom. The van der Waals surface area contributed by atoms with Crippen LogP contribution in [0.15, 0.2) is 46.9 Å². The molecule has 0 aliphatic rings. The van der Waals surface area contributed by atoms with Gasteiger partial charge in [0.1, 0.15) is 0 Å². The van der Waals surface area contributed by atoms with Crippen LogP contribution in [0.5, 0.6) is 0 Å². The zero-order chi connectivity index (χ0) is 10.8. The lowest BCUT2D eigenvalue weighted by Crippen LogP contribution is -1.83. The van der Waals surface area contributed by atoms with Gasteiger partial charge in [0.15, 0.2) is 0 Å². The molecule has 2 rings (SSSR count). The summed E-state index contributed by atoms with van der Waals surface area (Å²) < 4.78 is 1.14. The Balaban J connectivity index is 2.49. The van der Waals surface area contributed by atoms with Crippen molar-refractivity contribution in [3.63, 3.8) is 0 Å². The summed E-state index contributed by atoms with van der Waals surface area (Å²) in [4.78, 5) is 0. The zero-order valence-electron chi connectivity index (χ0n) is 8.92. The fourth-order valence-electron chi connectivity index (χ4n) is 1.68. The quantitative estimate of drug-likeness (QED) is 0.696. The maximum absolute atomic E-state index is 3.48. The Kier molecular flexibility index (Phi) is 2.92. The lowest BCUT2D eigenvalue weighted by Gasteiger charge is -2.06. The second-order valence-electron chi connectivity index (χ2n) is 3.83. The molecule has 0 aliphatic carbocycles. The molecule has 0 N–H and O–H groups in total. The van der Waals surface area contributed by atoms with Crippen LogP contribution in [0.2, 0.25) is 0 Å². The lowest BCUT2D eigenvalue weighted by atomic mass is 10.00. The first-order valence-corrected chi connectivity index (χ1v) is 5.79. The highest BCUT2D eigenvalue weighted by Crippen LogP contribution is 2.26. The van der Waals surface area contributed by atoms with E-state index in [9.17, 15) is 0 Å². The molecule has 0 bridgehead atoms. The molecule has 0 fully saturated rings. The van der Waals surface area contributed by atoms with Gasteiger partial charge in [-0.15, -0.1) is 0 Å². The van der Waals surface area contributed by atoms with Crippen LogP contribution in [0.25, 0.3) is 11.1 Å². The molecule has 1 heteroatoms. The normalized spacial score (nSPS) is 10.3. The standard InChI is InChI=1S/C14H13Br/c1-10-3-5-12(6-4-10)14-8-7-13(15)9-11(14)2/h3-9H,1-2H3. The van der Waals surface area contributed by atoms with E-state index in [4.69, 9.17) is 0 Å². The fourth-order valence-corrected chi connectivity index (χ4v) is 2.16. The van der Waals surface area contributed by atoms with Crippen molar-refractivity contribution in [3.05, 3.63) is 58.1 Å². The Labute approximate surface area is 99.1 Å². The zero-order valence-corrected chi connectivity index (χ0v) is 10.5. The number of hydrogen-bond acceptors (Lipinski definition) is 0. The predicted octanol–water partition coefficient (Wildman–Crippen LogP) is 4.73. The minimum atomic E-state index is 1.14. The van der Waals surface area contributed by atoms with Crippen LogP contribution in [-0.2, 0) is 0 Å². The second-order valence-corrected chi connectivity index (χ2v) is 4.74. The Hall–Kier alpha value is -1.08. The van der Waals surface area contributed by atoms with Crippen molar-refractivity contribution in [2.45, 2.75) is 13.8 Å². The maximum atomic E-state index is 3.48. The van der Waals surface area contributed by atoms with Gasteiger partial charge in [0.2, 0.25) is 0 Å². The maximum Gasteiger partial charge on any atom is 0.0178 e. The first-order valence-electron chi connectivity index (χ1n) is 5.00. The van der Waals surface area contributed by atoms with Crippen LogP contribution in [0, 0.1) is 13.8 Å². The van der Waals surface area contributed by atoms with Crippen molar-refractivity contribution in [3.8, 4) is 11.1 Å². The minimum Gasteiger partial charge on any atom is -0.0587 e. The number of rotatable bonds is 1. The van der Waals surface area contributed by atoms with Crippen LogP contribution in [-0.4, -0.2) is 0 Å². The molecule has 0 atom stereocenters. The van der Waals surface area contributed by atoms with E-state index >= 15 is 0 Å². The van der Waals surface area contributed by atoms with Gasteiger partial charge in [-0.25, -0.2) is 0 Å². The average Bonchev–Trinajstić information content (AvgIpc) is 2.20. The molecule has 15 heavy (non-hydrogen) atoms. The number of aryl methyl sites for hydroxylation is 2. The summed E-state index contributed by atoms with van der Waals surface area (Å²) in [5.74, 6) is 0. The molecule has 0 spiro atoms. The van der Waals surface area contributed by atoms with E-state index in [1.807, 2.05) is 0 Å². The highest BCUT2D eigenvalue weighted by molar-refractivity contribution is 9.10. The van der Waals surface area contributed by atoms with E-state index in [1.54, 1.807) is 0 Å². The van der Waals surface area contributed by atoms with Gasteiger partial charge in [0.05, 0.1) is 0 Å². The van der Waals surface area contributed by atoms with Crippen LogP contribution in [0.4, 0.5) is 0 Å². The third-order valence-electron chi connectivity index (χ3n) is 2.55. The molecule has 2 aromatic carbocycles. The monoisotopic (exact) mass is 260 g/mol. The molecule has 0 unspecified atom stereocenters. The molecular formula is C14H13Br. The first-order chi connectivity index (χ1) is 7.16.